The van der Waals surface area contributed by atoms with E-state index < -0.39 is 0 Å². The van der Waals surface area contributed by atoms with Gasteiger partial charge < -0.3 is 4.42 Å². The second kappa shape index (κ2) is 11.7. The van der Waals surface area contributed by atoms with Crippen LogP contribution in [0.25, 0.3) is 98.3 Å². The zero-order valence-corrected chi connectivity index (χ0v) is 27.7. The molecule has 50 heavy (non-hydrogen) atoms. The van der Waals surface area contributed by atoms with E-state index in [1.54, 1.807) is 11.3 Å². The van der Waals surface area contributed by atoms with Crippen molar-refractivity contribution >= 4 is 53.6 Å². The highest BCUT2D eigenvalue weighted by Gasteiger charge is 2.20. The first kappa shape index (κ1) is 28.6. The molecule has 0 spiro atoms. The third kappa shape index (κ3) is 4.80. The maximum Gasteiger partial charge on any atom is 0.161 e. The molecule has 4 heteroatoms. The van der Waals surface area contributed by atoms with Crippen LogP contribution in [0.3, 0.4) is 0 Å². The van der Waals surface area contributed by atoms with Crippen molar-refractivity contribution in [2.75, 3.05) is 0 Å². The molecule has 10 aromatic rings. The van der Waals surface area contributed by atoms with Crippen molar-refractivity contribution in [3.8, 4) is 56.0 Å². The van der Waals surface area contributed by atoms with E-state index in [0.717, 1.165) is 65.5 Å². The summed E-state index contributed by atoms with van der Waals surface area (Å²) >= 11 is 1.71. The molecule has 0 fully saturated rings. The highest BCUT2D eigenvalue weighted by atomic mass is 32.1. The van der Waals surface area contributed by atoms with Gasteiger partial charge in [-0.3, -0.25) is 0 Å². The molecule has 0 radical (unpaired) electrons. The van der Waals surface area contributed by atoms with Gasteiger partial charge in [0.05, 0.1) is 5.69 Å². The second-order valence-electron chi connectivity index (χ2n) is 12.6. The lowest BCUT2D eigenvalue weighted by molar-refractivity contribution is 0.670. The van der Waals surface area contributed by atoms with Gasteiger partial charge in [0, 0.05) is 37.4 Å². The van der Waals surface area contributed by atoms with E-state index in [4.69, 9.17) is 14.4 Å². The monoisotopic (exact) mass is 656 g/mol. The summed E-state index contributed by atoms with van der Waals surface area (Å²) in [7, 11) is 0. The van der Waals surface area contributed by atoms with Crippen molar-refractivity contribution in [3.05, 3.63) is 170 Å². The van der Waals surface area contributed by atoms with E-state index in [-0.39, 0.29) is 0 Å². The standard InChI is InChI=1S/C46H28N2OS/c1-2-12-29(13-3-1)30-14-8-15-31(26-30)32-16-9-17-33(27-32)34-18-10-19-35(28-34)45-47-43(42-38-21-5-7-25-41(38)50-46(42)48-45)39-23-11-22-37-36-20-4-6-24-40(36)49-44(37)39/h1-28H. The zero-order chi connectivity index (χ0) is 33.0. The van der Waals surface area contributed by atoms with Gasteiger partial charge in [0.2, 0.25) is 0 Å². The Kier molecular flexibility index (Phi) is 6.68. The summed E-state index contributed by atoms with van der Waals surface area (Å²) in [5, 5.41) is 4.40. The van der Waals surface area contributed by atoms with Gasteiger partial charge in [-0.1, -0.05) is 133 Å². The molecule has 0 aliphatic carbocycles. The normalized spacial score (nSPS) is 11.6. The average Bonchev–Trinajstić information content (AvgIpc) is 3.77. The molecule has 0 N–H and O–H groups in total. The van der Waals surface area contributed by atoms with Gasteiger partial charge in [-0.25, -0.2) is 9.97 Å². The SMILES string of the molecule is c1ccc(-c2cccc(-c3cccc(-c4cccc(-c5nc(-c6cccc7c6oc6ccccc67)c6c(n5)sc5ccccc56)c4)c3)c2)cc1. The van der Waals surface area contributed by atoms with Gasteiger partial charge in [0.1, 0.15) is 16.0 Å². The van der Waals surface area contributed by atoms with Gasteiger partial charge in [-0.05, 0) is 69.8 Å². The minimum Gasteiger partial charge on any atom is -0.455 e. The van der Waals surface area contributed by atoms with Crippen LogP contribution in [0.4, 0.5) is 0 Å². The number of nitrogens with zero attached hydrogens (tertiary/aromatic N) is 2. The van der Waals surface area contributed by atoms with Crippen LogP contribution in [0, 0.1) is 0 Å². The Hall–Kier alpha value is -6.36. The third-order valence-corrected chi connectivity index (χ3v) is 10.6. The van der Waals surface area contributed by atoms with Crippen LogP contribution in [0.5, 0.6) is 0 Å². The summed E-state index contributed by atoms with van der Waals surface area (Å²) in [6.45, 7) is 0. The molecule has 7 aromatic carbocycles. The number of para-hydroxylation sites is 2. The first-order chi connectivity index (χ1) is 24.8. The predicted octanol–water partition coefficient (Wildman–Crippen LogP) is 13.1. The molecule has 0 atom stereocenters. The van der Waals surface area contributed by atoms with Crippen LogP contribution < -0.4 is 0 Å². The zero-order valence-electron chi connectivity index (χ0n) is 26.9. The van der Waals surface area contributed by atoms with Gasteiger partial charge in [0.25, 0.3) is 0 Å². The van der Waals surface area contributed by atoms with Gasteiger partial charge in [0.15, 0.2) is 5.82 Å². The minimum atomic E-state index is 0.695. The van der Waals surface area contributed by atoms with Crippen LogP contribution in [0.15, 0.2) is 174 Å². The van der Waals surface area contributed by atoms with E-state index in [2.05, 4.69) is 158 Å². The number of fused-ring (bicyclic) bond motifs is 6. The number of furan rings is 1. The van der Waals surface area contributed by atoms with Crippen molar-refractivity contribution in [3.63, 3.8) is 0 Å². The lowest BCUT2D eigenvalue weighted by atomic mass is 9.95. The molecular formula is C46H28N2OS. The van der Waals surface area contributed by atoms with E-state index in [1.807, 2.05) is 12.1 Å². The Morgan fingerprint density at radius 2 is 0.960 bits per heavy atom. The molecular weight excluding hydrogens is 629 g/mol. The highest BCUT2D eigenvalue weighted by molar-refractivity contribution is 7.25. The van der Waals surface area contributed by atoms with Gasteiger partial charge in [-0.2, -0.15) is 0 Å². The molecule has 0 saturated heterocycles. The van der Waals surface area contributed by atoms with Crippen LogP contribution in [0.1, 0.15) is 0 Å². The molecule has 0 unspecified atom stereocenters. The predicted molar refractivity (Wildman–Crippen MR) is 209 cm³/mol. The topological polar surface area (TPSA) is 38.9 Å². The fraction of sp³-hybridized carbons (Fsp3) is 0. The van der Waals surface area contributed by atoms with Crippen molar-refractivity contribution < 1.29 is 4.42 Å². The van der Waals surface area contributed by atoms with Crippen molar-refractivity contribution in [2.45, 2.75) is 0 Å². The molecule has 0 aliphatic rings. The summed E-state index contributed by atoms with van der Waals surface area (Å²) in [5.41, 5.74) is 11.6. The largest absolute Gasteiger partial charge is 0.455 e. The van der Waals surface area contributed by atoms with E-state index in [0.29, 0.717) is 5.82 Å². The molecule has 10 rings (SSSR count). The number of hydrogen-bond donors (Lipinski definition) is 0. The van der Waals surface area contributed by atoms with Gasteiger partial charge in [-0.15, -0.1) is 11.3 Å². The first-order valence-corrected chi connectivity index (χ1v) is 17.6. The maximum atomic E-state index is 6.52. The molecule has 0 bridgehead atoms. The number of benzene rings is 7. The number of hydrogen-bond acceptors (Lipinski definition) is 4. The van der Waals surface area contributed by atoms with E-state index >= 15 is 0 Å². The Morgan fingerprint density at radius 1 is 0.420 bits per heavy atom. The van der Waals surface area contributed by atoms with Crippen LogP contribution in [0.2, 0.25) is 0 Å². The Labute approximate surface area is 292 Å². The molecule has 0 aliphatic heterocycles. The molecule has 0 saturated carbocycles. The lowest BCUT2D eigenvalue weighted by Crippen LogP contribution is -1.94. The van der Waals surface area contributed by atoms with Crippen molar-refractivity contribution in [2.24, 2.45) is 0 Å². The van der Waals surface area contributed by atoms with Crippen molar-refractivity contribution in [1.82, 2.24) is 9.97 Å². The molecule has 3 aromatic heterocycles. The lowest BCUT2D eigenvalue weighted by Gasteiger charge is -2.11. The van der Waals surface area contributed by atoms with Crippen LogP contribution in [-0.2, 0) is 0 Å². The second-order valence-corrected chi connectivity index (χ2v) is 13.6. The summed E-state index contributed by atoms with van der Waals surface area (Å²) in [4.78, 5) is 11.5. The van der Waals surface area contributed by atoms with E-state index in [9.17, 15) is 0 Å². The minimum absolute atomic E-state index is 0.695. The van der Waals surface area contributed by atoms with E-state index in [1.165, 1.54) is 27.0 Å². The van der Waals surface area contributed by atoms with Crippen LogP contribution >= 0.6 is 11.3 Å². The fourth-order valence-electron chi connectivity index (χ4n) is 7.11. The Balaban J connectivity index is 1.11. The summed E-state index contributed by atoms with van der Waals surface area (Å²) < 4.78 is 7.71. The number of rotatable bonds is 5. The smallest absolute Gasteiger partial charge is 0.161 e. The number of aromatic nitrogens is 2. The van der Waals surface area contributed by atoms with Crippen LogP contribution in [-0.4, -0.2) is 9.97 Å². The van der Waals surface area contributed by atoms with Gasteiger partial charge >= 0.3 is 0 Å². The maximum absolute atomic E-state index is 6.52. The Bertz CT molecular complexity index is 2880. The fourth-order valence-corrected chi connectivity index (χ4v) is 8.18. The first-order valence-electron chi connectivity index (χ1n) is 16.7. The summed E-state index contributed by atoms with van der Waals surface area (Å²) in [6.07, 6.45) is 0. The summed E-state index contributed by atoms with van der Waals surface area (Å²) in [5.74, 6) is 0.695. The molecule has 0 amide bonds. The van der Waals surface area contributed by atoms with Crippen molar-refractivity contribution in [1.29, 1.82) is 0 Å². The number of thiophene rings is 1. The summed E-state index contributed by atoms with van der Waals surface area (Å²) in [6, 6.07) is 59.7. The quantitative estimate of drug-likeness (QED) is 0.185. The molecule has 3 heterocycles. The highest BCUT2D eigenvalue weighted by Crippen LogP contribution is 2.43. The average molecular weight is 657 g/mol. The third-order valence-electron chi connectivity index (χ3n) is 9.52. The molecule has 3 nitrogen and oxygen atoms in total. The Morgan fingerprint density at radius 3 is 1.70 bits per heavy atom. The molecule has 234 valence electrons.